The maximum atomic E-state index is 12.7. The number of rotatable bonds is 3. The Hall–Kier alpha value is -1.82. The standard InChI is InChI=1S/C16H23N3O3/c1-12-9-17(2)5-6-19(12)16(21)13-8-15(20)18(10-13)11-14-4-3-7-22-14/h3-4,7,12-13H,5-6,8-11H2,1-2H3. The number of hydrogen-bond acceptors (Lipinski definition) is 4. The van der Waals surface area contributed by atoms with Crippen LogP contribution in [0.1, 0.15) is 19.1 Å². The van der Waals surface area contributed by atoms with Crippen LogP contribution in [-0.2, 0) is 16.1 Å². The predicted molar refractivity (Wildman–Crippen MR) is 80.9 cm³/mol. The molecule has 0 N–H and O–H groups in total. The number of nitrogens with zero attached hydrogens (tertiary/aromatic N) is 3. The smallest absolute Gasteiger partial charge is 0.228 e. The minimum atomic E-state index is -0.215. The summed E-state index contributed by atoms with van der Waals surface area (Å²) in [4.78, 5) is 30.7. The maximum Gasteiger partial charge on any atom is 0.228 e. The third-order valence-electron chi connectivity index (χ3n) is 4.60. The van der Waals surface area contributed by atoms with Crippen LogP contribution in [0.2, 0.25) is 0 Å². The third kappa shape index (κ3) is 3.02. The van der Waals surface area contributed by atoms with Gasteiger partial charge in [0.1, 0.15) is 5.76 Å². The van der Waals surface area contributed by atoms with Gasteiger partial charge in [0.2, 0.25) is 11.8 Å². The van der Waals surface area contributed by atoms with Gasteiger partial charge in [-0.25, -0.2) is 0 Å². The monoisotopic (exact) mass is 305 g/mol. The number of amides is 2. The molecule has 2 fully saturated rings. The summed E-state index contributed by atoms with van der Waals surface area (Å²) in [6.07, 6.45) is 1.92. The van der Waals surface area contributed by atoms with Gasteiger partial charge in [-0.05, 0) is 26.1 Å². The van der Waals surface area contributed by atoms with E-state index in [9.17, 15) is 9.59 Å². The second-order valence-electron chi connectivity index (χ2n) is 6.40. The van der Waals surface area contributed by atoms with E-state index in [2.05, 4.69) is 18.9 Å². The zero-order valence-corrected chi connectivity index (χ0v) is 13.2. The lowest BCUT2D eigenvalue weighted by molar-refractivity contribution is -0.139. The molecule has 1 aromatic rings. The summed E-state index contributed by atoms with van der Waals surface area (Å²) < 4.78 is 5.29. The summed E-state index contributed by atoms with van der Waals surface area (Å²) in [6, 6.07) is 3.87. The van der Waals surface area contributed by atoms with Gasteiger partial charge in [-0.1, -0.05) is 0 Å². The molecule has 1 aromatic heterocycles. The van der Waals surface area contributed by atoms with Crippen LogP contribution in [0, 0.1) is 5.92 Å². The number of furan rings is 1. The van der Waals surface area contributed by atoms with Crippen LogP contribution in [0.15, 0.2) is 22.8 Å². The molecule has 0 bridgehead atoms. The Morgan fingerprint density at radius 3 is 2.86 bits per heavy atom. The summed E-state index contributed by atoms with van der Waals surface area (Å²) in [7, 11) is 2.07. The van der Waals surface area contributed by atoms with E-state index in [1.165, 1.54) is 0 Å². The van der Waals surface area contributed by atoms with E-state index in [4.69, 9.17) is 4.42 Å². The molecule has 2 aliphatic heterocycles. The summed E-state index contributed by atoms with van der Waals surface area (Å²) in [5, 5.41) is 0. The molecule has 22 heavy (non-hydrogen) atoms. The zero-order chi connectivity index (χ0) is 15.7. The van der Waals surface area contributed by atoms with Crippen molar-refractivity contribution < 1.29 is 14.0 Å². The summed E-state index contributed by atoms with van der Waals surface area (Å²) in [5.41, 5.74) is 0. The minimum Gasteiger partial charge on any atom is -0.467 e. The average molecular weight is 305 g/mol. The molecule has 0 saturated carbocycles. The Labute approximate surface area is 130 Å². The highest BCUT2D eigenvalue weighted by atomic mass is 16.3. The van der Waals surface area contributed by atoms with Gasteiger partial charge in [0, 0.05) is 38.6 Å². The molecule has 2 saturated heterocycles. The largest absolute Gasteiger partial charge is 0.467 e. The van der Waals surface area contributed by atoms with Crippen LogP contribution < -0.4 is 0 Å². The van der Waals surface area contributed by atoms with Gasteiger partial charge in [0.15, 0.2) is 0 Å². The first-order chi connectivity index (χ1) is 10.5. The first-order valence-corrected chi connectivity index (χ1v) is 7.84. The van der Waals surface area contributed by atoms with Gasteiger partial charge in [-0.3, -0.25) is 9.59 Å². The first-order valence-electron chi connectivity index (χ1n) is 7.84. The molecule has 2 unspecified atom stereocenters. The Bertz CT molecular complexity index is 543. The fourth-order valence-corrected chi connectivity index (χ4v) is 3.38. The van der Waals surface area contributed by atoms with E-state index in [0.717, 1.165) is 25.4 Å². The zero-order valence-electron chi connectivity index (χ0n) is 13.2. The second kappa shape index (κ2) is 6.12. The van der Waals surface area contributed by atoms with E-state index >= 15 is 0 Å². The topological polar surface area (TPSA) is 57.0 Å². The molecule has 0 spiro atoms. The molecule has 3 heterocycles. The molecule has 2 atom stereocenters. The Balaban J connectivity index is 1.61. The molecule has 3 rings (SSSR count). The van der Waals surface area contributed by atoms with Gasteiger partial charge in [-0.15, -0.1) is 0 Å². The highest BCUT2D eigenvalue weighted by Gasteiger charge is 2.38. The van der Waals surface area contributed by atoms with Gasteiger partial charge < -0.3 is 19.1 Å². The number of likely N-dealkylation sites (N-methyl/N-ethyl adjacent to an activating group) is 1. The number of hydrogen-bond donors (Lipinski definition) is 0. The molecule has 6 heteroatoms. The highest BCUT2D eigenvalue weighted by Crippen LogP contribution is 2.24. The predicted octanol–water partition coefficient (Wildman–Crippen LogP) is 0.791. The first kappa shape index (κ1) is 15.1. The van der Waals surface area contributed by atoms with Gasteiger partial charge >= 0.3 is 0 Å². The van der Waals surface area contributed by atoms with Crippen LogP contribution >= 0.6 is 0 Å². The fraction of sp³-hybridized carbons (Fsp3) is 0.625. The van der Waals surface area contributed by atoms with E-state index in [1.54, 1.807) is 11.2 Å². The van der Waals surface area contributed by atoms with E-state index < -0.39 is 0 Å². The summed E-state index contributed by atoms with van der Waals surface area (Å²) in [5.74, 6) is 0.704. The van der Waals surface area contributed by atoms with Crippen LogP contribution in [0.25, 0.3) is 0 Å². The Morgan fingerprint density at radius 2 is 2.18 bits per heavy atom. The van der Waals surface area contributed by atoms with E-state index in [1.807, 2.05) is 17.0 Å². The quantitative estimate of drug-likeness (QED) is 0.828. The van der Waals surface area contributed by atoms with Gasteiger partial charge in [0.25, 0.3) is 0 Å². The van der Waals surface area contributed by atoms with Crippen LogP contribution in [0.5, 0.6) is 0 Å². The van der Waals surface area contributed by atoms with Gasteiger partial charge in [-0.2, -0.15) is 0 Å². The highest BCUT2D eigenvalue weighted by molar-refractivity contribution is 5.89. The van der Waals surface area contributed by atoms with Crippen molar-refractivity contribution in [1.82, 2.24) is 14.7 Å². The lowest BCUT2D eigenvalue weighted by Crippen LogP contribution is -2.54. The Kier molecular flexibility index (Phi) is 4.20. The third-order valence-corrected chi connectivity index (χ3v) is 4.60. The molecule has 2 aliphatic rings. The normalized spacial score (nSPS) is 26.7. The molecule has 0 aromatic carbocycles. The maximum absolute atomic E-state index is 12.7. The molecule has 0 radical (unpaired) electrons. The van der Waals surface area contributed by atoms with Gasteiger partial charge in [0.05, 0.1) is 18.7 Å². The second-order valence-corrected chi connectivity index (χ2v) is 6.40. The molecular weight excluding hydrogens is 282 g/mol. The number of carbonyl (C=O) groups excluding carboxylic acids is 2. The minimum absolute atomic E-state index is 0.0385. The lowest BCUT2D eigenvalue weighted by atomic mass is 10.0. The summed E-state index contributed by atoms with van der Waals surface area (Å²) in [6.45, 7) is 5.56. The number of piperazine rings is 1. The van der Waals surface area contributed by atoms with Crippen LogP contribution in [-0.4, -0.2) is 65.8 Å². The van der Waals surface area contributed by atoms with Crippen LogP contribution in [0.3, 0.4) is 0 Å². The Morgan fingerprint density at radius 1 is 1.36 bits per heavy atom. The molecule has 6 nitrogen and oxygen atoms in total. The SMILES string of the molecule is CC1CN(C)CCN1C(=O)C1CC(=O)N(Cc2ccco2)C1. The average Bonchev–Trinajstić information content (AvgIpc) is 3.09. The molecule has 2 amide bonds. The van der Waals surface area contributed by atoms with E-state index in [0.29, 0.717) is 19.5 Å². The van der Waals surface area contributed by atoms with Crippen molar-refractivity contribution in [2.75, 3.05) is 33.2 Å². The van der Waals surface area contributed by atoms with Crippen LogP contribution in [0.4, 0.5) is 0 Å². The van der Waals surface area contributed by atoms with Crippen molar-refractivity contribution in [1.29, 1.82) is 0 Å². The van der Waals surface area contributed by atoms with Crippen molar-refractivity contribution in [2.45, 2.75) is 25.9 Å². The van der Waals surface area contributed by atoms with Crippen molar-refractivity contribution in [3.63, 3.8) is 0 Å². The van der Waals surface area contributed by atoms with E-state index in [-0.39, 0.29) is 23.8 Å². The van der Waals surface area contributed by atoms with Crippen molar-refractivity contribution in [2.24, 2.45) is 5.92 Å². The summed E-state index contributed by atoms with van der Waals surface area (Å²) >= 11 is 0. The van der Waals surface area contributed by atoms with Crippen molar-refractivity contribution in [3.8, 4) is 0 Å². The van der Waals surface area contributed by atoms with Crippen molar-refractivity contribution in [3.05, 3.63) is 24.2 Å². The molecular formula is C16H23N3O3. The number of carbonyl (C=O) groups is 2. The van der Waals surface area contributed by atoms with Crippen molar-refractivity contribution >= 4 is 11.8 Å². The fourth-order valence-electron chi connectivity index (χ4n) is 3.38. The molecule has 0 aliphatic carbocycles. The number of likely N-dealkylation sites (tertiary alicyclic amines) is 1. The lowest BCUT2D eigenvalue weighted by Gasteiger charge is -2.39. The molecule has 120 valence electrons.